The van der Waals surface area contributed by atoms with Crippen LogP contribution in [0.15, 0.2) is 12.1 Å². The maximum atomic E-state index is 12.0. The number of ketones is 1. The number of hydrogen-bond acceptors (Lipinski definition) is 2. The molecule has 0 atom stereocenters. The van der Waals surface area contributed by atoms with Gasteiger partial charge in [-0.15, -0.1) is 0 Å². The van der Waals surface area contributed by atoms with Gasteiger partial charge in [-0.1, -0.05) is 6.07 Å². The van der Waals surface area contributed by atoms with E-state index in [2.05, 4.69) is 0 Å². The highest BCUT2D eigenvalue weighted by Crippen LogP contribution is 2.36. The number of benzene rings is 1. The lowest BCUT2D eigenvalue weighted by atomic mass is 10.00. The fourth-order valence-electron chi connectivity index (χ4n) is 1.97. The van der Waals surface area contributed by atoms with E-state index < -0.39 is 0 Å². The number of hydrogen-bond donors (Lipinski definition) is 0. The summed E-state index contributed by atoms with van der Waals surface area (Å²) in [5.41, 5.74) is 2.93. The van der Waals surface area contributed by atoms with E-state index in [9.17, 15) is 4.79 Å². The molecule has 0 spiro atoms. The molecule has 1 aromatic carbocycles. The molecule has 15 heavy (non-hydrogen) atoms. The second kappa shape index (κ2) is 3.69. The molecule has 1 aromatic rings. The van der Waals surface area contributed by atoms with E-state index in [4.69, 9.17) is 4.74 Å². The summed E-state index contributed by atoms with van der Waals surface area (Å²) < 4.78 is 5.31. The van der Waals surface area contributed by atoms with Gasteiger partial charge in [0, 0.05) is 5.92 Å². The van der Waals surface area contributed by atoms with E-state index in [1.54, 1.807) is 7.11 Å². The third-order valence-electron chi connectivity index (χ3n) is 2.84. The SMILES string of the molecule is COc1c(C)cc(C)cc1C(=O)C1CC1. The Balaban J connectivity index is 2.47. The van der Waals surface area contributed by atoms with E-state index in [1.165, 1.54) is 0 Å². The largest absolute Gasteiger partial charge is 0.496 e. The van der Waals surface area contributed by atoms with Crippen molar-refractivity contribution in [1.82, 2.24) is 0 Å². The number of Topliss-reactive ketones (excluding diaryl/α,β-unsaturated/α-hetero) is 1. The lowest BCUT2D eigenvalue weighted by Gasteiger charge is -2.11. The monoisotopic (exact) mass is 204 g/mol. The minimum absolute atomic E-state index is 0.249. The summed E-state index contributed by atoms with van der Waals surface area (Å²) in [6, 6.07) is 3.98. The first kappa shape index (κ1) is 10.2. The van der Waals surface area contributed by atoms with Crippen LogP contribution in [0.1, 0.15) is 34.3 Å². The topological polar surface area (TPSA) is 26.3 Å². The third kappa shape index (κ3) is 1.89. The highest BCUT2D eigenvalue weighted by molar-refractivity contribution is 6.02. The van der Waals surface area contributed by atoms with E-state index in [-0.39, 0.29) is 11.7 Å². The first-order valence-corrected chi connectivity index (χ1v) is 5.33. The average Bonchev–Trinajstić information content (AvgIpc) is 2.98. The number of aryl methyl sites for hydroxylation is 2. The molecular formula is C13H16O2. The van der Waals surface area contributed by atoms with Gasteiger partial charge < -0.3 is 4.74 Å². The number of ether oxygens (including phenoxy) is 1. The van der Waals surface area contributed by atoms with Crippen LogP contribution in [0.3, 0.4) is 0 Å². The number of carbonyl (C=O) groups excluding carboxylic acids is 1. The normalized spacial score (nSPS) is 15.1. The van der Waals surface area contributed by atoms with Crippen molar-refractivity contribution < 1.29 is 9.53 Å². The molecule has 0 saturated heterocycles. The van der Waals surface area contributed by atoms with Crippen LogP contribution in [0.2, 0.25) is 0 Å². The van der Waals surface area contributed by atoms with Crippen molar-refractivity contribution in [1.29, 1.82) is 0 Å². The van der Waals surface area contributed by atoms with E-state index >= 15 is 0 Å². The second-order valence-electron chi connectivity index (χ2n) is 4.30. The van der Waals surface area contributed by atoms with Gasteiger partial charge in [0.2, 0.25) is 0 Å². The molecule has 0 aromatic heterocycles. The smallest absolute Gasteiger partial charge is 0.169 e. The highest BCUT2D eigenvalue weighted by Gasteiger charge is 2.32. The van der Waals surface area contributed by atoms with Gasteiger partial charge in [0.1, 0.15) is 5.75 Å². The van der Waals surface area contributed by atoms with Crippen LogP contribution in [0.5, 0.6) is 5.75 Å². The molecule has 1 aliphatic rings. The molecule has 1 aliphatic carbocycles. The molecule has 0 aliphatic heterocycles. The zero-order valence-electron chi connectivity index (χ0n) is 9.46. The summed E-state index contributed by atoms with van der Waals surface area (Å²) in [5.74, 6) is 1.25. The first-order chi connectivity index (χ1) is 7.13. The van der Waals surface area contributed by atoms with Gasteiger partial charge >= 0.3 is 0 Å². The summed E-state index contributed by atoms with van der Waals surface area (Å²) in [6.07, 6.45) is 2.07. The van der Waals surface area contributed by atoms with Crippen LogP contribution in [0.25, 0.3) is 0 Å². The molecular weight excluding hydrogens is 188 g/mol. The molecule has 0 bridgehead atoms. The van der Waals surface area contributed by atoms with Crippen LogP contribution in [0, 0.1) is 19.8 Å². The zero-order chi connectivity index (χ0) is 11.0. The van der Waals surface area contributed by atoms with Crippen LogP contribution >= 0.6 is 0 Å². The van der Waals surface area contributed by atoms with Gasteiger partial charge in [-0.2, -0.15) is 0 Å². The van der Waals surface area contributed by atoms with E-state index in [0.29, 0.717) is 0 Å². The zero-order valence-corrected chi connectivity index (χ0v) is 9.46. The van der Waals surface area contributed by atoms with Crippen molar-refractivity contribution in [2.75, 3.05) is 7.11 Å². The van der Waals surface area contributed by atoms with Crippen LogP contribution in [-0.4, -0.2) is 12.9 Å². The van der Waals surface area contributed by atoms with Crippen molar-refractivity contribution in [3.63, 3.8) is 0 Å². The summed E-state index contributed by atoms with van der Waals surface area (Å²) in [4.78, 5) is 12.0. The van der Waals surface area contributed by atoms with Gasteiger partial charge in [0.15, 0.2) is 5.78 Å². The Morgan fingerprint density at radius 1 is 1.33 bits per heavy atom. The molecule has 0 amide bonds. The molecule has 0 heterocycles. The summed E-state index contributed by atoms with van der Waals surface area (Å²) in [5, 5.41) is 0. The Kier molecular flexibility index (Phi) is 2.51. The van der Waals surface area contributed by atoms with Crippen molar-refractivity contribution in [3.8, 4) is 5.75 Å². The number of methoxy groups -OCH3 is 1. The van der Waals surface area contributed by atoms with E-state index in [0.717, 1.165) is 35.3 Å². The molecule has 2 heteroatoms. The van der Waals surface area contributed by atoms with Crippen molar-refractivity contribution >= 4 is 5.78 Å². The highest BCUT2D eigenvalue weighted by atomic mass is 16.5. The van der Waals surface area contributed by atoms with Gasteiger partial charge in [0.05, 0.1) is 12.7 Å². The molecule has 0 radical (unpaired) electrons. The molecule has 1 saturated carbocycles. The summed E-state index contributed by atoms with van der Waals surface area (Å²) in [6.45, 7) is 3.99. The third-order valence-corrected chi connectivity index (χ3v) is 2.84. The summed E-state index contributed by atoms with van der Waals surface area (Å²) in [7, 11) is 1.63. The molecule has 0 N–H and O–H groups in total. The number of rotatable bonds is 3. The van der Waals surface area contributed by atoms with Crippen molar-refractivity contribution in [2.24, 2.45) is 5.92 Å². The standard InChI is InChI=1S/C13H16O2/c1-8-6-9(2)13(15-3)11(7-8)12(14)10-4-5-10/h6-7,10H,4-5H2,1-3H3. The average molecular weight is 204 g/mol. The first-order valence-electron chi connectivity index (χ1n) is 5.33. The van der Waals surface area contributed by atoms with Gasteiger partial charge in [-0.3, -0.25) is 4.79 Å². The van der Waals surface area contributed by atoms with Gasteiger partial charge in [0.25, 0.3) is 0 Å². The number of carbonyl (C=O) groups is 1. The predicted octanol–water partition coefficient (Wildman–Crippen LogP) is 2.90. The lowest BCUT2D eigenvalue weighted by molar-refractivity contribution is 0.0964. The fraction of sp³-hybridized carbons (Fsp3) is 0.462. The Hall–Kier alpha value is -1.31. The minimum Gasteiger partial charge on any atom is -0.496 e. The molecule has 1 fully saturated rings. The maximum absolute atomic E-state index is 12.0. The van der Waals surface area contributed by atoms with Crippen molar-refractivity contribution in [3.05, 3.63) is 28.8 Å². The Labute approximate surface area is 90.3 Å². The van der Waals surface area contributed by atoms with Crippen molar-refractivity contribution in [2.45, 2.75) is 26.7 Å². The van der Waals surface area contributed by atoms with Gasteiger partial charge in [-0.05, 0) is 43.9 Å². The van der Waals surface area contributed by atoms with Crippen LogP contribution in [-0.2, 0) is 0 Å². The molecule has 2 nitrogen and oxygen atoms in total. The van der Waals surface area contributed by atoms with E-state index in [1.807, 2.05) is 26.0 Å². The second-order valence-corrected chi connectivity index (χ2v) is 4.30. The Morgan fingerprint density at radius 3 is 2.53 bits per heavy atom. The lowest BCUT2D eigenvalue weighted by Crippen LogP contribution is -2.06. The maximum Gasteiger partial charge on any atom is 0.169 e. The molecule has 80 valence electrons. The Bertz CT molecular complexity index is 403. The quantitative estimate of drug-likeness (QED) is 0.708. The predicted molar refractivity (Wildman–Crippen MR) is 59.5 cm³/mol. The van der Waals surface area contributed by atoms with Crippen LogP contribution in [0.4, 0.5) is 0 Å². The fourth-order valence-corrected chi connectivity index (χ4v) is 1.97. The van der Waals surface area contributed by atoms with Crippen LogP contribution < -0.4 is 4.74 Å². The summed E-state index contributed by atoms with van der Waals surface area (Å²) >= 11 is 0. The van der Waals surface area contributed by atoms with Gasteiger partial charge in [-0.25, -0.2) is 0 Å². The Morgan fingerprint density at radius 2 is 2.00 bits per heavy atom. The molecule has 2 rings (SSSR count). The molecule has 0 unspecified atom stereocenters. The minimum atomic E-state index is 0.249.